The highest BCUT2D eigenvalue weighted by atomic mass is 16.7. The van der Waals surface area contributed by atoms with E-state index in [0.29, 0.717) is 6.61 Å². The van der Waals surface area contributed by atoms with Crippen LogP contribution in [0.2, 0.25) is 0 Å². The zero-order chi connectivity index (χ0) is 6.41. The van der Waals surface area contributed by atoms with Crippen molar-refractivity contribution < 1.29 is 19.4 Å². The van der Waals surface area contributed by atoms with Crippen LogP contribution in [0.1, 0.15) is 6.92 Å². The van der Waals surface area contributed by atoms with E-state index in [4.69, 9.17) is 10.0 Å². The van der Waals surface area contributed by atoms with Gasteiger partial charge < -0.3 is 19.4 Å². The van der Waals surface area contributed by atoms with Gasteiger partial charge in [0, 0.05) is 6.61 Å². The summed E-state index contributed by atoms with van der Waals surface area (Å²) in [6.07, 6.45) is 0. The van der Waals surface area contributed by atoms with Crippen LogP contribution in [0, 0.1) is 0 Å². The molecule has 0 saturated heterocycles. The van der Waals surface area contributed by atoms with Gasteiger partial charge in [-0.15, -0.1) is 0 Å². The summed E-state index contributed by atoms with van der Waals surface area (Å²) in [5.41, 5.74) is 0. The molecule has 0 atom stereocenters. The van der Waals surface area contributed by atoms with Crippen LogP contribution < -0.4 is 0 Å². The third kappa shape index (κ3) is 5.90. The summed E-state index contributed by atoms with van der Waals surface area (Å²) in [4.78, 5) is 0. The molecule has 0 bridgehead atoms. The summed E-state index contributed by atoms with van der Waals surface area (Å²) >= 11 is 0. The Labute approximate surface area is 48.2 Å². The lowest BCUT2D eigenvalue weighted by Gasteiger charge is -1.99. The minimum atomic E-state index is -1.72. The molecule has 0 aromatic carbocycles. The Morgan fingerprint density at radius 3 is 2.50 bits per heavy atom. The normalized spacial score (nSPS) is 9.38. The van der Waals surface area contributed by atoms with Gasteiger partial charge in [0.2, 0.25) is 0 Å². The molecule has 0 spiro atoms. The maximum atomic E-state index is 8.03. The Morgan fingerprint density at radius 1 is 1.50 bits per heavy atom. The number of rotatable bonds is 4. The molecule has 4 nitrogen and oxygen atoms in total. The van der Waals surface area contributed by atoms with Crippen LogP contribution in [0.4, 0.5) is 0 Å². The van der Waals surface area contributed by atoms with Crippen LogP contribution >= 0.6 is 0 Å². The van der Waals surface area contributed by atoms with Crippen LogP contribution in [-0.2, 0) is 9.39 Å². The minimum absolute atomic E-state index is 0.0752. The standard InChI is InChI=1S/C3H9BO4/c1-2-7-3-8-4(5)6/h5-6H,2-3H2,1H3. The zero-order valence-electron chi connectivity index (χ0n) is 4.70. The Kier molecular flexibility index (Phi) is 4.99. The number of ether oxygens (including phenoxy) is 1. The minimum Gasteiger partial charge on any atom is -0.402 e. The summed E-state index contributed by atoms with van der Waals surface area (Å²) in [6, 6.07) is 0. The van der Waals surface area contributed by atoms with Gasteiger partial charge >= 0.3 is 7.32 Å². The van der Waals surface area contributed by atoms with E-state index >= 15 is 0 Å². The number of hydrogen-bond donors (Lipinski definition) is 2. The quantitative estimate of drug-likeness (QED) is 0.283. The first-order valence-corrected chi connectivity index (χ1v) is 2.33. The van der Waals surface area contributed by atoms with Crippen molar-refractivity contribution >= 4 is 7.32 Å². The SMILES string of the molecule is CCOCOB(O)O. The predicted molar refractivity (Wildman–Crippen MR) is 27.8 cm³/mol. The van der Waals surface area contributed by atoms with Gasteiger partial charge in [0.05, 0.1) is 0 Å². The molecule has 0 amide bonds. The van der Waals surface area contributed by atoms with Gasteiger partial charge in [-0.2, -0.15) is 0 Å². The van der Waals surface area contributed by atoms with Crippen molar-refractivity contribution in [2.24, 2.45) is 0 Å². The monoisotopic (exact) mass is 120 g/mol. The molecule has 0 aliphatic heterocycles. The van der Waals surface area contributed by atoms with Crippen LogP contribution in [0.3, 0.4) is 0 Å². The highest BCUT2D eigenvalue weighted by Crippen LogP contribution is 1.76. The van der Waals surface area contributed by atoms with Gasteiger partial charge in [0.25, 0.3) is 0 Å². The van der Waals surface area contributed by atoms with E-state index in [-0.39, 0.29) is 6.79 Å². The molecule has 0 heterocycles. The molecular weight excluding hydrogens is 111 g/mol. The average molecular weight is 120 g/mol. The molecule has 48 valence electrons. The second kappa shape index (κ2) is 5.05. The molecule has 5 heteroatoms. The molecule has 0 saturated carbocycles. The van der Waals surface area contributed by atoms with Crippen LogP contribution in [-0.4, -0.2) is 30.8 Å². The molecule has 0 aliphatic carbocycles. The fraction of sp³-hybridized carbons (Fsp3) is 1.00. The van der Waals surface area contributed by atoms with Gasteiger partial charge in [-0.3, -0.25) is 0 Å². The molecule has 0 radical (unpaired) electrons. The van der Waals surface area contributed by atoms with Crippen molar-refractivity contribution in [3.63, 3.8) is 0 Å². The zero-order valence-corrected chi connectivity index (χ0v) is 4.70. The Hall–Kier alpha value is -0.0951. The van der Waals surface area contributed by atoms with E-state index in [1.807, 2.05) is 0 Å². The molecule has 2 N–H and O–H groups in total. The Bertz CT molecular complexity index is 48.5. The third-order valence-corrected chi connectivity index (χ3v) is 0.505. The molecule has 0 rings (SSSR count). The van der Waals surface area contributed by atoms with Gasteiger partial charge in [-0.25, -0.2) is 0 Å². The Morgan fingerprint density at radius 2 is 2.12 bits per heavy atom. The summed E-state index contributed by atoms with van der Waals surface area (Å²) < 4.78 is 8.77. The second-order valence-electron chi connectivity index (χ2n) is 1.10. The summed E-state index contributed by atoms with van der Waals surface area (Å²) in [7, 11) is -1.72. The fourth-order valence-corrected chi connectivity index (χ4v) is 0.192. The maximum absolute atomic E-state index is 8.03. The van der Waals surface area contributed by atoms with Gasteiger partial charge in [0.15, 0.2) is 0 Å². The van der Waals surface area contributed by atoms with Crippen molar-refractivity contribution in [1.82, 2.24) is 0 Å². The van der Waals surface area contributed by atoms with Gasteiger partial charge in [-0.1, -0.05) is 0 Å². The van der Waals surface area contributed by atoms with Crippen molar-refractivity contribution in [2.75, 3.05) is 13.4 Å². The van der Waals surface area contributed by atoms with Crippen LogP contribution in [0.5, 0.6) is 0 Å². The summed E-state index contributed by atoms with van der Waals surface area (Å²) in [5.74, 6) is 0. The highest BCUT2D eigenvalue weighted by Gasteiger charge is 2.05. The molecule has 0 aliphatic rings. The van der Waals surface area contributed by atoms with Crippen molar-refractivity contribution in [3.05, 3.63) is 0 Å². The van der Waals surface area contributed by atoms with Crippen molar-refractivity contribution in [3.8, 4) is 0 Å². The molecule has 8 heavy (non-hydrogen) atoms. The lowest BCUT2D eigenvalue weighted by Crippen LogP contribution is -2.18. The molecular formula is C3H9BO4. The first-order valence-electron chi connectivity index (χ1n) is 2.33. The first-order chi connectivity index (χ1) is 3.77. The van der Waals surface area contributed by atoms with E-state index < -0.39 is 7.32 Å². The maximum Gasteiger partial charge on any atom is 0.635 e. The summed E-state index contributed by atoms with van der Waals surface area (Å²) in [6.45, 7) is 2.22. The predicted octanol–water partition coefficient (Wildman–Crippen LogP) is -1.03. The fourth-order valence-electron chi connectivity index (χ4n) is 0.192. The van der Waals surface area contributed by atoms with E-state index in [1.165, 1.54) is 0 Å². The third-order valence-electron chi connectivity index (χ3n) is 0.505. The van der Waals surface area contributed by atoms with Gasteiger partial charge in [0.1, 0.15) is 6.79 Å². The van der Waals surface area contributed by atoms with Crippen LogP contribution in [0.25, 0.3) is 0 Å². The van der Waals surface area contributed by atoms with E-state index in [1.54, 1.807) is 6.92 Å². The number of hydrogen-bond acceptors (Lipinski definition) is 4. The second-order valence-corrected chi connectivity index (χ2v) is 1.10. The highest BCUT2D eigenvalue weighted by molar-refractivity contribution is 6.32. The molecule has 0 aromatic rings. The van der Waals surface area contributed by atoms with E-state index in [9.17, 15) is 0 Å². The molecule has 0 unspecified atom stereocenters. The first kappa shape index (κ1) is 7.90. The smallest absolute Gasteiger partial charge is 0.402 e. The van der Waals surface area contributed by atoms with Crippen molar-refractivity contribution in [2.45, 2.75) is 6.92 Å². The van der Waals surface area contributed by atoms with Gasteiger partial charge in [-0.05, 0) is 6.92 Å². The topological polar surface area (TPSA) is 58.9 Å². The summed E-state index contributed by atoms with van der Waals surface area (Å²) in [5, 5.41) is 16.1. The van der Waals surface area contributed by atoms with Crippen LogP contribution in [0.15, 0.2) is 0 Å². The largest absolute Gasteiger partial charge is 0.635 e. The average Bonchev–Trinajstić information content (AvgIpc) is 1.66. The molecule has 0 fully saturated rings. The van der Waals surface area contributed by atoms with E-state index in [2.05, 4.69) is 9.39 Å². The lowest BCUT2D eigenvalue weighted by atomic mass is 10.3. The van der Waals surface area contributed by atoms with E-state index in [0.717, 1.165) is 0 Å². The lowest BCUT2D eigenvalue weighted by molar-refractivity contribution is -0.00501. The Balaban J connectivity index is 2.72. The van der Waals surface area contributed by atoms with Crippen molar-refractivity contribution in [1.29, 1.82) is 0 Å². The molecule has 0 aromatic heterocycles.